The second-order valence-electron chi connectivity index (χ2n) is 6.32. The minimum atomic E-state index is -0.571. The number of guanidine groups is 1. The molecule has 5 heteroatoms. The van der Waals surface area contributed by atoms with Crippen molar-refractivity contribution in [2.75, 3.05) is 13.1 Å². The van der Waals surface area contributed by atoms with Gasteiger partial charge in [0, 0.05) is 13.1 Å². The van der Waals surface area contributed by atoms with E-state index in [-0.39, 0.29) is 24.0 Å². The van der Waals surface area contributed by atoms with Gasteiger partial charge in [-0.3, -0.25) is 0 Å². The van der Waals surface area contributed by atoms with Gasteiger partial charge >= 0.3 is 0 Å². The summed E-state index contributed by atoms with van der Waals surface area (Å²) in [6.45, 7) is 6.18. The first-order chi connectivity index (χ1) is 10.6. The Hall–Kier alpha value is -0.820. The number of hydrogen-bond acceptors (Lipinski definition) is 2. The van der Waals surface area contributed by atoms with Crippen LogP contribution in [0.2, 0.25) is 0 Å². The summed E-state index contributed by atoms with van der Waals surface area (Å²) in [6.07, 6.45) is 5.25. The molecule has 23 heavy (non-hydrogen) atoms. The summed E-state index contributed by atoms with van der Waals surface area (Å²) in [5.74, 6) is 0.780. The second kappa shape index (κ2) is 10.1. The molecule has 1 aromatic rings. The van der Waals surface area contributed by atoms with Crippen molar-refractivity contribution in [3.63, 3.8) is 0 Å². The molecule has 3 N–H and O–H groups in total. The van der Waals surface area contributed by atoms with Gasteiger partial charge in [-0.15, -0.1) is 24.0 Å². The summed E-state index contributed by atoms with van der Waals surface area (Å²) >= 11 is 0. The van der Waals surface area contributed by atoms with Crippen LogP contribution in [0.4, 0.5) is 0 Å². The third-order valence-electron chi connectivity index (χ3n) is 4.25. The van der Waals surface area contributed by atoms with Gasteiger partial charge in [0.05, 0.1) is 12.1 Å². The number of aliphatic imine (C=N–C) groups is 1. The van der Waals surface area contributed by atoms with Crippen LogP contribution in [0, 0.1) is 6.92 Å². The number of nitrogens with one attached hydrogen (secondary N) is 2. The minimum absolute atomic E-state index is 0. The van der Waals surface area contributed by atoms with E-state index in [1.54, 1.807) is 0 Å². The third-order valence-corrected chi connectivity index (χ3v) is 4.25. The number of benzene rings is 1. The lowest BCUT2D eigenvalue weighted by atomic mass is 9.85. The first-order valence-electron chi connectivity index (χ1n) is 8.41. The summed E-state index contributed by atoms with van der Waals surface area (Å²) in [5.41, 5.74) is 1.88. The van der Waals surface area contributed by atoms with Crippen LogP contribution in [0.1, 0.15) is 50.2 Å². The van der Waals surface area contributed by atoms with Gasteiger partial charge in [0.2, 0.25) is 0 Å². The molecule has 1 aliphatic carbocycles. The van der Waals surface area contributed by atoms with Crippen molar-refractivity contribution in [3.05, 3.63) is 35.4 Å². The minimum Gasteiger partial charge on any atom is -0.388 e. The highest BCUT2D eigenvalue weighted by Crippen LogP contribution is 2.27. The largest absolute Gasteiger partial charge is 0.388 e. The normalized spacial score (nSPS) is 17.3. The van der Waals surface area contributed by atoms with Crippen LogP contribution in [-0.4, -0.2) is 29.8 Å². The fourth-order valence-corrected chi connectivity index (χ4v) is 2.84. The van der Waals surface area contributed by atoms with Crippen LogP contribution in [0.25, 0.3) is 0 Å². The average molecular weight is 431 g/mol. The highest BCUT2D eigenvalue weighted by atomic mass is 127. The van der Waals surface area contributed by atoms with E-state index in [2.05, 4.69) is 53.7 Å². The molecule has 0 aromatic heterocycles. The van der Waals surface area contributed by atoms with E-state index in [0.29, 0.717) is 13.1 Å². The average Bonchev–Trinajstić information content (AvgIpc) is 2.52. The lowest BCUT2D eigenvalue weighted by molar-refractivity contribution is 0.00859. The van der Waals surface area contributed by atoms with Crippen molar-refractivity contribution in [1.82, 2.24) is 10.6 Å². The summed E-state index contributed by atoms with van der Waals surface area (Å²) in [6, 6.07) is 8.43. The molecule has 0 heterocycles. The van der Waals surface area contributed by atoms with Gasteiger partial charge in [-0.05, 0) is 32.3 Å². The van der Waals surface area contributed by atoms with Gasteiger partial charge in [-0.1, -0.05) is 49.1 Å². The summed E-state index contributed by atoms with van der Waals surface area (Å²) in [5, 5.41) is 17.1. The van der Waals surface area contributed by atoms with Gasteiger partial charge in [0.15, 0.2) is 5.96 Å². The molecule has 1 aliphatic rings. The Kier molecular flexibility index (Phi) is 8.91. The number of nitrogens with zero attached hydrogens (tertiary/aromatic N) is 1. The Labute approximate surface area is 157 Å². The highest BCUT2D eigenvalue weighted by Gasteiger charge is 2.29. The number of rotatable bonds is 5. The molecule has 1 aromatic carbocycles. The Morgan fingerprint density at radius 2 is 1.78 bits per heavy atom. The first kappa shape index (κ1) is 20.2. The lowest BCUT2D eigenvalue weighted by Crippen LogP contribution is -2.48. The van der Waals surface area contributed by atoms with Crippen LogP contribution in [-0.2, 0) is 6.54 Å². The van der Waals surface area contributed by atoms with E-state index in [4.69, 9.17) is 0 Å². The number of aliphatic hydroxyl groups is 1. The fraction of sp³-hybridized carbons (Fsp3) is 0.611. The second-order valence-corrected chi connectivity index (χ2v) is 6.32. The zero-order valence-electron chi connectivity index (χ0n) is 14.3. The zero-order valence-corrected chi connectivity index (χ0v) is 16.6. The van der Waals surface area contributed by atoms with Gasteiger partial charge in [-0.25, -0.2) is 4.99 Å². The van der Waals surface area contributed by atoms with Crippen molar-refractivity contribution in [1.29, 1.82) is 0 Å². The van der Waals surface area contributed by atoms with Crippen molar-refractivity contribution in [3.8, 4) is 0 Å². The molecule has 4 nitrogen and oxygen atoms in total. The van der Waals surface area contributed by atoms with Gasteiger partial charge < -0.3 is 15.7 Å². The monoisotopic (exact) mass is 431 g/mol. The molecule has 0 amide bonds. The smallest absolute Gasteiger partial charge is 0.191 e. The quantitative estimate of drug-likeness (QED) is 0.381. The van der Waals surface area contributed by atoms with E-state index in [0.717, 1.165) is 38.2 Å². The molecule has 0 unspecified atom stereocenters. The predicted octanol–water partition coefficient (Wildman–Crippen LogP) is 3.36. The molecule has 0 radical (unpaired) electrons. The van der Waals surface area contributed by atoms with Crippen molar-refractivity contribution in [2.24, 2.45) is 4.99 Å². The van der Waals surface area contributed by atoms with E-state index >= 15 is 0 Å². The molecule has 1 fully saturated rings. The Balaban J connectivity index is 0.00000264. The SMILES string of the molecule is CCNC(=NCc1ccc(C)cc1)NCC1(O)CCCCC1.I. The maximum absolute atomic E-state index is 10.6. The highest BCUT2D eigenvalue weighted by molar-refractivity contribution is 14.0. The Morgan fingerprint density at radius 1 is 1.13 bits per heavy atom. The van der Waals surface area contributed by atoms with Gasteiger partial charge in [0.1, 0.15) is 0 Å². The van der Waals surface area contributed by atoms with Crippen molar-refractivity contribution >= 4 is 29.9 Å². The third kappa shape index (κ3) is 7.08. The molecule has 0 saturated heterocycles. The van der Waals surface area contributed by atoms with Crippen molar-refractivity contribution < 1.29 is 5.11 Å². The predicted molar refractivity (Wildman–Crippen MR) is 107 cm³/mol. The molecule has 0 bridgehead atoms. The van der Waals surface area contributed by atoms with E-state index < -0.39 is 5.60 Å². The molecule has 2 rings (SSSR count). The van der Waals surface area contributed by atoms with E-state index in [1.165, 1.54) is 17.5 Å². The maximum Gasteiger partial charge on any atom is 0.191 e. The Bertz CT molecular complexity index is 482. The number of aryl methyl sites for hydroxylation is 1. The zero-order chi connectivity index (χ0) is 15.8. The molecule has 0 atom stereocenters. The van der Waals surface area contributed by atoms with Crippen LogP contribution in [0.3, 0.4) is 0 Å². The van der Waals surface area contributed by atoms with Crippen LogP contribution < -0.4 is 10.6 Å². The Morgan fingerprint density at radius 3 is 2.39 bits per heavy atom. The molecular weight excluding hydrogens is 401 g/mol. The topological polar surface area (TPSA) is 56.7 Å². The molecule has 1 saturated carbocycles. The molecule has 130 valence electrons. The van der Waals surface area contributed by atoms with Crippen molar-refractivity contribution in [2.45, 2.75) is 58.1 Å². The lowest BCUT2D eigenvalue weighted by Gasteiger charge is -2.32. The molecular formula is C18H30IN3O. The molecule has 0 spiro atoms. The number of hydrogen-bond donors (Lipinski definition) is 3. The van der Waals surface area contributed by atoms with Gasteiger partial charge in [-0.2, -0.15) is 0 Å². The van der Waals surface area contributed by atoms with Crippen LogP contribution in [0.15, 0.2) is 29.3 Å². The van der Waals surface area contributed by atoms with Gasteiger partial charge in [0.25, 0.3) is 0 Å². The summed E-state index contributed by atoms with van der Waals surface area (Å²) < 4.78 is 0. The fourth-order valence-electron chi connectivity index (χ4n) is 2.84. The van der Waals surface area contributed by atoms with E-state index in [9.17, 15) is 5.11 Å². The van der Waals surface area contributed by atoms with E-state index in [1.807, 2.05) is 0 Å². The first-order valence-corrected chi connectivity index (χ1v) is 8.41. The van der Waals surface area contributed by atoms with Crippen LogP contribution in [0.5, 0.6) is 0 Å². The summed E-state index contributed by atoms with van der Waals surface area (Å²) in [7, 11) is 0. The maximum atomic E-state index is 10.6. The molecule has 0 aliphatic heterocycles. The van der Waals surface area contributed by atoms with Crippen LogP contribution >= 0.6 is 24.0 Å². The number of halogens is 1. The standard InChI is InChI=1S/C18H29N3O.HI/c1-3-19-17(20-13-16-9-7-15(2)8-10-16)21-14-18(22)11-5-4-6-12-18;/h7-10,22H,3-6,11-14H2,1-2H3,(H2,19,20,21);1H. The summed E-state index contributed by atoms with van der Waals surface area (Å²) in [4.78, 5) is 4.61.